The molecular weight excluding hydrogens is 238 g/mol. The van der Waals surface area contributed by atoms with Crippen LogP contribution in [0.5, 0.6) is 0 Å². The van der Waals surface area contributed by atoms with E-state index in [1.807, 2.05) is 0 Å². The molecule has 3 rings (SSSR count). The lowest BCUT2D eigenvalue weighted by Gasteiger charge is -2.36. The molecule has 3 fully saturated rings. The molecule has 3 aliphatic rings. The van der Waals surface area contributed by atoms with E-state index in [2.05, 4.69) is 32.6 Å². The third-order valence-electron chi connectivity index (χ3n) is 5.67. The normalized spacial score (nSPS) is 38.9. The Bertz CT molecular complexity index is 374. The van der Waals surface area contributed by atoms with Crippen molar-refractivity contribution in [3.05, 3.63) is 0 Å². The Labute approximate surface area is 116 Å². The van der Waals surface area contributed by atoms with Crippen LogP contribution in [0.25, 0.3) is 0 Å². The Morgan fingerprint density at radius 3 is 2.42 bits per heavy atom. The summed E-state index contributed by atoms with van der Waals surface area (Å²) in [6.45, 7) is 10.9. The van der Waals surface area contributed by atoms with Crippen LogP contribution in [0.3, 0.4) is 0 Å². The molecule has 19 heavy (non-hydrogen) atoms. The molecule has 0 bridgehead atoms. The fourth-order valence-corrected chi connectivity index (χ4v) is 4.13. The lowest BCUT2D eigenvalue weighted by molar-refractivity contribution is -0.143. The van der Waals surface area contributed by atoms with E-state index in [0.29, 0.717) is 17.7 Å². The maximum Gasteiger partial charge on any atom is 0.225 e. The zero-order valence-electron chi connectivity index (χ0n) is 12.7. The zero-order valence-corrected chi connectivity index (χ0v) is 12.7. The van der Waals surface area contributed by atoms with Gasteiger partial charge in [-0.1, -0.05) is 13.8 Å². The van der Waals surface area contributed by atoms with Gasteiger partial charge in [0.1, 0.15) is 0 Å². The average molecular weight is 265 g/mol. The molecule has 1 unspecified atom stereocenters. The topological polar surface area (TPSA) is 29.5 Å². The van der Waals surface area contributed by atoms with E-state index >= 15 is 0 Å². The first-order valence-corrected chi connectivity index (χ1v) is 7.75. The summed E-state index contributed by atoms with van der Waals surface area (Å²) in [6, 6.07) is 0. The lowest BCUT2D eigenvalue weighted by Crippen LogP contribution is -2.40. The molecule has 1 saturated carbocycles. The maximum absolute atomic E-state index is 12.3. The number of nitrogens with zero attached hydrogens (tertiary/aromatic N) is 1. The van der Waals surface area contributed by atoms with Gasteiger partial charge in [0.2, 0.25) is 5.91 Å². The molecule has 108 valence electrons. The molecule has 3 nitrogen and oxygen atoms in total. The zero-order chi connectivity index (χ0) is 13.8. The third kappa shape index (κ3) is 2.42. The van der Waals surface area contributed by atoms with Crippen molar-refractivity contribution in [2.75, 3.05) is 13.1 Å². The maximum atomic E-state index is 12.3. The number of fused-ring (bicyclic) bond motifs is 1. The summed E-state index contributed by atoms with van der Waals surface area (Å²) < 4.78 is 6.04. The van der Waals surface area contributed by atoms with Gasteiger partial charge in [0.15, 0.2) is 0 Å². The largest absolute Gasteiger partial charge is 0.372 e. The van der Waals surface area contributed by atoms with Crippen molar-refractivity contribution in [1.29, 1.82) is 0 Å². The summed E-state index contributed by atoms with van der Waals surface area (Å²) >= 11 is 0. The molecule has 0 radical (unpaired) electrons. The van der Waals surface area contributed by atoms with Crippen LogP contribution in [0, 0.1) is 17.3 Å². The number of ether oxygens (including phenoxy) is 1. The second-order valence-corrected chi connectivity index (χ2v) is 7.93. The quantitative estimate of drug-likeness (QED) is 0.768. The highest BCUT2D eigenvalue weighted by molar-refractivity contribution is 5.77. The first-order valence-electron chi connectivity index (χ1n) is 7.75. The van der Waals surface area contributed by atoms with Crippen molar-refractivity contribution in [2.24, 2.45) is 17.3 Å². The van der Waals surface area contributed by atoms with Crippen molar-refractivity contribution < 1.29 is 9.53 Å². The molecule has 1 amide bonds. The van der Waals surface area contributed by atoms with Gasteiger partial charge in [0, 0.05) is 13.1 Å². The van der Waals surface area contributed by atoms with Crippen LogP contribution in [-0.2, 0) is 9.53 Å². The van der Waals surface area contributed by atoms with E-state index in [-0.39, 0.29) is 11.7 Å². The number of hydrogen-bond acceptors (Lipinski definition) is 2. The SMILES string of the molecule is CC1(C)CCCC(CC(=O)N2C[C@@H]3[C@H](C2)C3(C)C)O1. The van der Waals surface area contributed by atoms with Gasteiger partial charge in [-0.05, 0) is 50.4 Å². The molecule has 0 aromatic carbocycles. The second-order valence-electron chi connectivity index (χ2n) is 7.93. The fraction of sp³-hybridized carbons (Fsp3) is 0.938. The lowest BCUT2D eigenvalue weighted by atomic mass is 9.94. The van der Waals surface area contributed by atoms with E-state index in [9.17, 15) is 4.79 Å². The summed E-state index contributed by atoms with van der Waals surface area (Å²) in [5.41, 5.74) is 0.443. The molecule has 0 aromatic heterocycles. The highest BCUT2D eigenvalue weighted by atomic mass is 16.5. The van der Waals surface area contributed by atoms with Crippen LogP contribution in [0.4, 0.5) is 0 Å². The molecule has 2 aliphatic heterocycles. The number of carbonyl (C=O) groups is 1. The Morgan fingerprint density at radius 1 is 1.21 bits per heavy atom. The van der Waals surface area contributed by atoms with Crippen molar-refractivity contribution in [2.45, 2.75) is 65.1 Å². The molecule has 0 spiro atoms. The van der Waals surface area contributed by atoms with E-state index in [0.717, 1.165) is 37.8 Å². The Kier molecular flexibility index (Phi) is 2.97. The van der Waals surface area contributed by atoms with Crippen LogP contribution in [0.1, 0.15) is 53.4 Å². The number of hydrogen-bond donors (Lipinski definition) is 0. The molecule has 3 heteroatoms. The summed E-state index contributed by atoms with van der Waals surface area (Å²) in [7, 11) is 0. The van der Waals surface area contributed by atoms with Gasteiger partial charge in [0.05, 0.1) is 18.1 Å². The summed E-state index contributed by atoms with van der Waals surface area (Å²) in [4.78, 5) is 14.4. The van der Waals surface area contributed by atoms with Crippen molar-refractivity contribution >= 4 is 5.91 Å². The number of piperidine rings is 1. The monoisotopic (exact) mass is 265 g/mol. The van der Waals surface area contributed by atoms with E-state index in [1.165, 1.54) is 6.42 Å². The fourth-order valence-electron chi connectivity index (χ4n) is 4.13. The van der Waals surface area contributed by atoms with Gasteiger partial charge in [-0.15, -0.1) is 0 Å². The smallest absolute Gasteiger partial charge is 0.225 e. The van der Waals surface area contributed by atoms with Crippen LogP contribution >= 0.6 is 0 Å². The predicted octanol–water partition coefficient (Wildman–Crippen LogP) is 2.84. The molecule has 0 aromatic rings. The second kappa shape index (κ2) is 4.21. The highest BCUT2D eigenvalue weighted by Gasteiger charge is 2.62. The molecule has 0 N–H and O–H groups in total. The minimum Gasteiger partial charge on any atom is -0.372 e. The number of likely N-dealkylation sites (tertiary alicyclic amines) is 1. The van der Waals surface area contributed by atoms with Gasteiger partial charge in [-0.25, -0.2) is 0 Å². The molecule has 1 aliphatic carbocycles. The van der Waals surface area contributed by atoms with Gasteiger partial charge < -0.3 is 9.64 Å². The number of carbonyl (C=O) groups excluding carboxylic acids is 1. The minimum absolute atomic E-state index is 0.0433. The van der Waals surface area contributed by atoms with E-state index in [4.69, 9.17) is 4.74 Å². The minimum atomic E-state index is -0.0433. The van der Waals surface area contributed by atoms with Gasteiger partial charge in [-0.3, -0.25) is 4.79 Å². The van der Waals surface area contributed by atoms with Crippen LogP contribution in [-0.4, -0.2) is 35.6 Å². The first-order chi connectivity index (χ1) is 8.79. The average Bonchev–Trinajstić information content (AvgIpc) is 2.69. The Hall–Kier alpha value is -0.570. The summed E-state index contributed by atoms with van der Waals surface area (Å²) in [5.74, 6) is 1.81. The van der Waals surface area contributed by atoms with E-state index in [1.54, 1.807) is 0 Å². The number of rotatable bonds is 2. The predicted molar refractivity (Wildman–Crippen MR) is 74.8 cm³/mol. The Morgan fingerprint density at radius 2 is 1.84 bits per heavy atom. The summed E-state index contributed by atoms with van der Waals surface area (Å²) in [6.07, 6.45) is 4.06. The van der Waals surface area contributed by atoms with Crippen molar-refractivity contribution in [3.63, 3.8) is 0 Å². The standard InChI is InChI=1S/C16H27NO2/c1-15(2)7-5-6-11(19-15)8-14(18)17-9-12-13(10-17)16(12,3)4/h11-13H,5-10H2,1-4H3/t11?,12-,13+. The molecule has 2 saturated heterocycles. The van der Waals surface area contributed by atoms with Crippen LogP contribution in [0.15, 0.2) is 0 Å². The number of amides is 1. The van der Waals surface area contributed by atoms with Gasteiger partial charge in [0.25, 0.3) is 0 Å². The van der Waals surface area contributed by atoms with Crippen LogP contribution < -0.4 is 0 Å². The summed E-state index contributed by atoms with van der Waals surface area (Å²) in [5, 5.41) is 0. The van der Waals surface area contributed by atoms with Gasteiger partial charge >= 0.3 is 0 Å². The van der Waals surface area contributed by atoms with Gasteiger partial charge in [-0.2, -0.15) is 0 Å². The highest BCUT2D eigenvalue weighted by Crippen LogP contribution is 2.62. The van der Waals surface area contributed by atoms with Crippen LogP contribution in [0.2, 0.25) is 0 Å². The first kappa shape index (κ1) is 13.4. The molecule has 3 atom stereocenters. The van der Waals surface area contributed by atoms with Crippen molar-refractivity contribution in [3.8, 4) is 0 Å². The Balaban J connectivity index is 1.50. The molecule has 2 heterocycles. The van der Waals surface area contributed by atoms with E-state index < -0.39 is 0 Å². The van der Waals surface area contributed by atoms with Crippen molar-refractivity contribution in [1.82, 2.24) is 4.90 Å². The molecular formula is C16H27NO2. The third-order valence-corrected chi connectivity index (χ3v) is 5.67.